The standard InChI is InChI=1S/C13H16BrClN2O3S/c1-2-17(7-8-3-4-8)13(18)9-5-10(15)12(14)11(6-9)21(16,19)20/h5-6,8H,2-4,7H2,1H3,(H2,16,19,20). The molecule has 1 saturated carbocycles. The summed E-state index contributed by atoms with van der Waals surface area (Å²) >= 11 is 9.09. The Hall–Kier alpha value is -0.630. The fourth-order valence-corrected chi connectivity index (χ4v) is 3.88. The quantitative estimate of drug-likeness (QED) is 0.832. The van der Waals surface area contributed by atoms with Gasteiger partial charge in [-0.05, 0) is 53.7 Å². The smallest absolute Gasteiger partial charge is 0.253 e. The van der Waals surface area contributed by atoms with Crippen molar-refractivity contribution in [3.8, 4) is 0 Å². The van der Waals surface area contributed by atoms with Gasteiger partial charge in [-0.2, -0.15) is 0 Å². The van der Waals surface area contributed by atoms with Gasteiger partial charge < -0.3 is 4.90 Å². The summed E-state index contributed by atoms with van der Waals surface area (Å²) in [7, 11) is -3.96. The molecule has 5 nitrogen and oxygen atoms in total. The minimum atomic E-state index is -3.96. The van der Waals surface area contributed by atoms with Crippen LogP contribution in [0.4, 0.5) is 0 Å². The largest absolute Gasteiger partial charge is 0.339 e. The highest BCUT2D eigenvalue weighted by molar-refractivity contribution is 9.10. The minimum absolute atomic E-state index is 0.146. The van der Waals surface area contributed by atoms with Crippen LogP contribution in [0.2, 0.25) is 5.02 Å². The molecule has 0 saturated heterocycles. The molecule has 1 aromatic rings. The predicted molar refractivity (Wildman–Crippen MR) is 84.8 cm³/mol. The third-order valence-corrected chi connectivity index (χ3v) is 5.97. The molecule has 8 heteroatoms. The van der Waals surface area contributed by atoms with Crippen LogP contribution in [0.25, 0.3) is 0 Å². The van der Waals surface area contributed by atoms with E-state index in [0.717, 1.165) is 12.8 Å². The van der Waals surface area contributed by atoms with Gasteiger partial charge in [0.05, 0.1) is 14.4 Å². The zero-order valence-corrected chi connectivity index (χ0v) is 14.6. The number of carbonyl (C=O) groups excluding carboxylic acids is 1. The molecule has 0 aromatic heterocycles. The Balaban J connectivity index is 2.38. The highest BCUT2D eigenvalue weighted by atomic mass is 79.9. The summed E-state index contributed by atoms with van der Waals surface area (Å²) < 4.78 is 23.3. The number of primary sulfonamides is 1. The van der Waals surface area contributed by atoms with Gasteiger partial charge in [0.2, 0.25) is 10.0 Å². The van der Waals surface area contributed by atoms with E-state index in [1.54, 1.807) is 4.90 Å². The Morgan fingerprint density at radius 1 is 1.48 bits per heavy atom. The normalized spacial score (nSPS) is 15.0. The first-order valence-electron chi connectivity index (χ1n) is 6.55. The Bertz CT molecular complexity index is 674. The lowest BCUT2D eigenvalue weighted by Gasteiger charge is -2.21. The maximum absolute atomic E-state index is 12.5. The number of sulfonamides is 1. The maximum Gasteiger partial charge on any atom is 0.253 e. The third kappa shape index (κ3) is 3.97. The SMILES string of the molecule is CCN(CC1CC1)C(=O)c1cc(Cl)c(Br)c(S(N)(=O)=O)c1. The van der Waals surface area contributed by atoms with Gasteiger partial charge in [-0.3, -0.25) is 4.79 Å². The van der Waals surface area contributed by atoms with E-state index in [1.807, 2.05) is 6.92 Å². The summed E-state index contributed by atoms with van der Waals surface area (Å²) in [5.41, 5.74) is 0.231. The van der Waals surface area contributed by atoms with Gasteiger partial charge in [0.15, 0.2) is 0 Å². The maximum atomic E-state index is 12.5. The number of hydrogen-bond donors (Lipinski definition) is 1. The van der Waals surface area contributed by atoms with Gasteiger partial charge in [-0.25, -0.2) is 13.6 Å². The van der Waals surface area contributed by atoms with Crippen molar-refractivity contribution in [1.82, 2.24) is 4.90 Å². The second-order valence-corrected chi connectivity index (χ2v) is 7.83. The molecule has 1 aliphatic carbocycles. The second-order valence-electron chi connectivity index (χ2n) is 5.10. The fraction of sp³-hybridized carbons (Fsp3) is 0.462. The molecule has 21 heavy (non-hydrogen) atoms. The summed E-state index contributed by atoms with van der Waals surface area (Å²) in [5, 5.41) is 5.30. The van der Waals surface area contributed by atoms with Crippen molar-refractivity contribution in [1.29, 1.82) is 0 Å². The summed E-state index contributed by atoms with van der Waals surface area (Å²) in [6, 6.07) is 2.72. The number of amides is 1. The highest BCUT2D eigenvalue weighted by Gasteiger charge is 2.27. The van der Waals surface area contributed by atoms with Crippen molar-refractivity contribution < 1.29 is 13.2 Å². The Labute approximate surface area is 137 Å². The lowest BCUT2D eigenvalue weighted by Crippen LogP contribution is -2.33. The lowest BCUT2D eigenvalue weighted by molar-refractivity contribution is 0.0756. The molecule has 1 amide bonds. The highest BCUT2D eigenvalue weighted by Crippen LogP contribution is 2.33. The van der Waals surface area contributed by atoms with Gasteiger partial charge in [0.1, 0.15) is 0 Å². The van der Waals surface area contributed by atoms with Crippen molar-refractivity contribution in [2.75, 3.05) is 13.1 Å². The molecule has 0 spiro atoms. The van der Waals surface area contributed by atoms with E-state index in [1.165, 1.54) is 12.1 Å². The number of halogens is 2. The number of nitrogens with zero attached hydrogens (tertiary/aromatic N) is 1. The van der Waals surface area contributed by atoms with Crippen LogP contribution < -0.4 is 5.14 Å². The summed E-state index contributed by atoms with van der Waals surface area (Å²) in [5.74, 6) is 0.321. The number of carbonyl (C=O) groups is 1. The van der Waals surface area contributed by atoms with Crippen LogP contribution in [0.15, 0.2) is 21.5 Å². The molecule has 1 aliphatic rings. The van der Waals surface area contributed by atoms with E-state index in [4.69, 9.17) is 16.7 Å². The Morgan fingerprint density at radius 3 is 2.57 bits per heavy atom. The number of rotatable bonds is 5. The molecule has 0 bridgehead atoms. The van der Waals surface area contributed by atoms with Crippen LogP contribution in [0, 0.1) is 5.92 Å². The van der Waals surface area contributed by atoms with E-state index in [-0.39, 0.29) is 25.9 Å². The molecule has 2 N–H and O–H groups in total. The summed E-state index contributed by atoms with van der Waals surface area (Å²) in [6.45, 7) is 3.14. The zero-order chi connectivity index (χ0) is 15.8. The van der Waals surface area contributed by atoms with E-state index >= 15 is 0 Å². The first-order chi connectivity index (χ1) is 9.74. The number of nitrogens with two attached hydrogens (primary N) is 1. The van der Waals surface area contributed by atoms with Crippen LogP contribution in [0.5, 0.6) is 0 Å². The van der Waals surface area contributed by atoms with E-state index < -0.39 is 10.0 Å². The number of hydrogen-bond acceptors (Lipinski definition) is 3. The van der Waals surface area contributed by atoms with Crippen molar-refractivity contribution in [3.05, 3.63) is 27.2 Å². The van der Waals surface area contributed by atoms with Crippen LogP contribution in [0.3, 0.4) is 0 Å². The molecule has 0 unspecified atom stereocenters. The van der Waals surface area contributed by atoms with E-state index in [2.05, 4.69) is 15.9 Å². The van der Waals surface area contributed by atoms with Gasteiger partial charge in [-0.15, -0.1) is 0 Å². The first-order valence-corrected chi connectivity index (χ1v) is 9.27. The van der Waals surface area contributed by atoms with Crippen molar-refractivity contribution in [2.24, 2.45) is 11.1 Å². The Morgan fingerprint density at radius 2 is 2.10 bits per heavy atom. The summed E-state index contributed by atoms with van der Waals surface area (Å²) in [6.07, 6.45) is 2.26. The molecule has 0 heterocycles. The third-order valence-electron chi connectivity index (χ3n) is 3.39. The van der Waals surface area contributed by atoms with E-state index in [9.17, 15) is 13.2 Å². The van der Waals surface area contributed by atoms with Gasteiger partial charge in [0, 0.05) is 18.7 Å². The van der Waals surface area contributed by atoms with Crippen molar-refractivity contribution in [3.63, 3.8) is 0 Å². The topological polar surface area (TPSA) is 80.5 Å². The lowest BCUT2D eigenvalue weighted by atomic mass is 10.2. The number of benzene rings is 1. The minimum Gasteiger partial charge on any atom is -0.339 e. The summed E-state index contributed by atoms with van der Waals surface area (Å²) in [4.78, 5) is 14.0. The predicted octanol–water partition coefficient (Wildman–Crippen LogP) is 2.62. The van der Waals surface area contributed by atoms with Crippen LogP contribution >= 0.6 is 27.5 Å². The van der Waals surface area contributed by atoms with Crippen molar-refractivity contribution in [2.45, 2.75) is 24.7 Å². The fourth-order valence-electron chi connectivity index (χ4n) is 2.04. The average molecular weight is 396 g/mol. The molecule has 1 fully saturated rings. The molecular weight excluding hydrogens is 380 g/mol. The molecule has 1 aromatic carbocycles. The molecule has 0 aliphatic heterocycles. The monoisotopic (exact) mass is 394 g/mol. The van der Waals surface area contributed by atoms with Crippen molar-refractivity contribution >= 4 is 43.5 Å². The van der Waals surface area contributed by atoms with Gasteiger partial charge >= 0.3 is 0 Å². The molecule has 0 atom stereocenters. The zero-order valence-electron chi connectivity index (χ0n) is 11.5. The van der Waals surface area contributed by atoms with Crippen LogP contribution in [0.1, 0.15) is 30.1 Å². The molecular formula is C13H16BrClN2O3S. The van der Waals surface area contributed by atoms with Gasteiger partial charge in [0.25, 0.3) is 5.91 Å². The molecule has 116 valence electrons. The first kappa shape index (κ1) is 16.7. The van der Waals surface area contributed by atoms with Gasteiger partial charge in [-0.1, -0.05) is 11.6 Å². The van der Waals surface area contributed by atoms with Crippen LogP contribution in [-0.2, 0) is 10.0 Å². The molecule has 2 rings (SSSR count). The van der Waals surface area contributed by atoms with Crippen LogP contribution in [-0.4, -0.2) is 32.3 Å². The second kappa shape index (κ2) is 6.24. The van der Waals surface area contributed by atoms with E-state index in [0.29, 0.717) is 19.0 Å². The Kier molecular flexibility index (Phi) is 4.97. The molecule has 0 radical (unpaired) electrons. The average Bonchev–Trinajstić information content (AvgIpc) is 3.20.